The van der Waals surface area contributed by atoms with Gasteiger partial charge >= 0.3 is 0 Å². The number of benzene rings is 2. The van der Waals surface area contributed by atoms with Gasteiger partial charge in [-0.2, -0.15) is 5.10 Å². The molecule has 0 atom stereocenters. The van der Waals surface area contributed by atoms with Gasteiger partial charge in [-0.05, 0) is 44.0 Å². The molecular formula is C21H20N4O. The number of nitrogens with zero attached hydrogens (tertiary/aromatic N) is 3. The second-order valence-electron chi connectivity index (χ2n) is 7.36. The van der Waals surface area contributed by atoms with E-state index in [2.05, 4.69) is 35.8 Å². The lowest BCUT2D eigenvalue weighted by molar-refractivity contribution is 0.355. The van der Waals surface area contributed by atoms with Crippen LogP contribution in [0, 0.1) is 0 Å². The van der Waals surface area contributed by atoms with Crippen molar-refractivity contribution >= 4 is 10.9 Å². The van der Waals surface area contributed by atoms with Crippen molar-refractivity contribution in [1.29, 1.82) is 0 Å². The summed E-state index contributed by atoms with van der Waals surface area (Å²) in [4.78, 5) is 20.2. The maximum absolute atomic E-state index is 12.6. The van der Waals surface area contributed by atoms with Crippen molar-refractivity contribution in [3.63, 3.8) is 0 Å². The van der Waals surface area contributed by atoms with Crippen LogP contribution in [-0.4, -0.2) is 19.7 Å². The summed E-state index contributed by atoms with van der Waals surface area (Å²) in [6.45, 7) is 6.22. The number of aromatic amines is 1. The summed E-state index contributed by atoms with van der Waals surface area (Å²) in [5, 5.41) is 4.96. The third kappa shape index (κ3) is 2.92. The summed E-state index contributed by atoms with van der Waals surface area (Å²) in [6, 6.07) is 15.8. The summed E-state index contributed by atoms with van der Waals surface area (Å²) < 4.78 is 1.87. The van der Waals surface area contributed by atoms with Crippen LogP contribution in [0.15, 0.2) is 65.7 Å². The molecule has 4 rings (SSSR count). The second kappa shape index (κ2) is 5.95. The van der Waals surface area contributed by atoms with Crippen molar-refractivity contribution < 1.29 is 0 Å². The number of nitrogens with one attached hydrogen (secondary N) is 1. The first kappa shape index (κ1) is 16.3. The third-order valence-corrected chi connectivity index (χ3v) is 4.36. The molecule has 2 aromatic heterocycles. The molecule has 5 nitrogen and oxygen atoms in total. The molecule has 4 aromatic rings. The van der Waals surface area contributed by atoms with E-state index in [0.717, 1.165) is 16.7 Å². The third-order valence-electron chi connectivity index (χ3n) is 4.36. The average Bonchev–Trinajstić information content (AvgIpc) is 3.13. The van der Waals surface area contributed by atoms with Crippen LogP contribution in [-0.2, 0) is 5.54 Å². The van der Waals surface area contributed by atoms with Crippen molar-refractivity contribution in [2.24, 2.45) is 0 Å². The smallest absolute Gasteiger partial charge is 0.259 e. The Kier molecular flexibility index (Phi) is 3.72. The molecule has 0 radical (unpaired) electrons. The van der Waals surface area contributed by atoms with E-state index in [4.69, 9.17) is 0 Å². The average molecular weight is 344 g/mol. The quantitative estimate of drug-likeness (QED) is 0.592. The number of H-pyrrole nitrogens is 1. The molecule has 0 amide bonds. The summed E-state index contributed by atoms with van der Waals surface area (Å²) >= 11 is 0. The van der Waals surface area contributed by atoms with Crippen LogP contribution in [0.5, 0.6) is 0 Å². The highest BCUT2D eigenvalue weighted by molar-refractivity contribution is 5.84. The van der Waals surface area contributed by atoms with E-state index in [1.165, 1.54) is 0 Å². The molecule has 2 heterocycles. The Bertz CT molecular complexity index is 1130. The topological polar surface area (TPSA) is 63.6 Å². The van der Waals surface area contributed by atoms with Crippen LogP contribution in [0.4, 0.5) is 0 Å². The molecule has 26 heavy (non-hydrogen) atoms. The first-order valence-corrected chi connectivity index (χ1v) is 8.57. The molecule has 0 aliphatic carbocycles. The highest BCUT2D eigenvalue weighted by Crippen LogP contribution is 2.24. The predicted octanol–water partition coefficient (Wildman–Crippen LogP) is 4.21. The van der Waals surface area contributed by atoms with Gasteiger partial charge in [0.05, 0.1) is 28.2 Å². The molecule has 1 N–H and O–H groups in total. The Balaban J connectivity index is 1.80. The molecule has 0 saturated heterocycles. The number of rotatable bonds is 2. The number of aromatic nitrogens is 4. The molecule has 2 aromatic carbocycles. The molecule has 0 bridgehead atoms. The van der Waals surface area contributed by atoms with Gasteiger partial charge in [0.15, 0.2) is 0 Å². The van der Waals surface area contributed by atoms with Crippen LogP contribution < -0.4 is 5.56 Å². The molecule has 0 aliphatic heterocycles. The van der Waals surface area contributed by atoms with E-state index in [1.807, 2.05) is 59.4 Å². The standard InChI is InChI=1S/C21H20N4O/c1-21(2,3)25-13-16(12-22-25)19-23-18-10-9-15(11-17(18)20(26)24-19)14-7-5-4-6-8-14/h4-13H,1-3H3,(H,23,24,26). The van der Waals surface area contributed by atoms with Crippen LogP contribution in [0.2, 0.25) is 0 Å². The molecule has 0 unspecified atom stereocenters. The van der Waals surface area contributed by atoms with E-state index in [-0.39, 0.29) is 11.1 Å². The van der Waals surface area contributed by atoms with Gasteiger partial charge in [-0.1, -0.05) is 36.4 Å². The maximum atomic E-state index is 12.6. The highest BCUT2D eigenvalue weighted by Gasteiger charge is 2.16. The van der Waals surface area contributed by atoms with E-state index in [1.54, 1.807) is 6.20 Å². The lowest BCUT2D eigenvalue weighted by atomic mass is 10.0. The maximum Gasteiger partial charge on any atom is 0.259 e. The van der Waals surface area contributed by atoms with Gasteiger partial charge in [0, 0.05) is 6.20 Å². The fourth-order valence-electron chi connectivity index (χ4n) is 2.90. The minimum atomic E-state index is -0.147. The van der Waals surface area contributed by atoms with E-state index in [9.17, 15) is 4.79 Å². The zero-order valence-corrected chi connectivity index (χ0v) is 15.0. The van der Waals surface area contributed by atoms with Crippen molar-refractivity contribution in [3.05, 3.63) is 71.3 Å². The van der Waals surface area contributed by atoms with Gasteiger partial charge in [0.2, 0.25) is 0 Å². The van der Waals surface area contributed by atoms with Gasteiger partial charge < -0.3 is 4.98 Å². The molecule has 0 saturated carbocycles. The normalized spacial score (nSPS) is 11.8. The lowest BCUT2D eigenvalue weighted by Crippen LogP contribution is -2.21. The Labute approximate surface area is 151 Å². The van der Waals surface area contributed by atoms with E-state index >= 15 is 0 Å². The molecular weight excluding hydrogens is 324 g/mol. The van der Waals surface area contributed by atoms with Gasteiger partial charge in [-0.25, -0.2) is 4.98 Å². The Hall–Kier alpha value is -3.21. The predicted molar refractivity (Wildman–Crippen MR) is 104 cm³/mol. The zero-order chi connectivity index (χ0) is 18.3. The Morgan fingerprint density at radius 1 is 0.962 bits per heavy atom. The summed E-state index contributed by atoms with van der Waals surface area (Å²) in [5.74, 6) is 0.533. The number of hydrogen-bond donors (Lipinski definition) is 1. The second-order valence-corrected chi connectivity index (χ2v) is 7.36. The van der Waals surface area contributed by atoms with Crippen molar-refractivity contribution in [2.45, 2.75) is 26.3 Å². The fraction of sp³-hybridized carbons (Fsp3) is 0.190. The molecule has 130 valence electrons. The van der Waals surface area contributed by atoms with Crippen LogP contribution in [0.25, 0.3) is 33.4 Å². The summed E-state index contributed by atoms with van der Waals surface area (Å²) in [7, 11) is 0. The van der Waals surface area contributed by atoms with Crippen LogP contribution in [0.3, 0.4) is 0 Å². The lowest BCUT2D eigenvalue weighted by Gasteiger charge is -2.18. The van der Waals surface area contributed by atoms with Gasteiger partial charge in [-0.15, -0.1) is 0 Å². The highest BCUT2D eigenvalue weighted by atomic mass is 16.1. The van der Waals surface area contributed by atoms with Crippen molar-refractivity contribution in [1.82, 2.24) is 19.7 Å². The first-order chi connectivity index (χ1) is 12.4. The van der Waals surface area contributed by atoms with Crippen LogP contribution in [0.1, 0.15) is 20.8 Å². The molecule has 0 spiro atoms. The number of hydrogen-bond acceptors (Lipinski definition) is 3. The zero-order valence-electron chi connectivity index (χ0n) is 15.0. The minimum absolute atomic E-state index is 0.125. The Morgan fingerprint density at radius 2 is 1.73 bits per heavy atom. The monoisotopic (exact) mass is 344 g/mol. The van der Waals surface area contributed by atoms with E-state index < -0.39 is 0 Å². The van der Waals surface area contributed by atoms with E-state index in [0.29, 0.717) is 16.7 Å². The first-order valence-electron chi connectivity index (χ1n) is 8.57. The molecule has 0 aliphatic rings. The Morgan fingerprint density at radius 3 is 2.42 bits per heavy atom. The van der Waals surface area contributed by atoms with Crippen molar-refractivity contribution in [3.8, 4) is 22.5 Å². The van der Waals surface area contributed by atoms with Crippen molar-refractivity contribution in [2.75, 3.05) is 0 Å². The van der Waals surface area contributed by atoms with Gasteiger partial charge in [0.25, 0.3) is 5.56 Å². The van der Waals surface area contributed by atoms with Crippen LogP contribution >= 0.6 is 0 Å². The number of fused-ring (bicyclic) bond motifs is 1. The largest absolute Gasteiger partial charge is 0.306 e. The van der Waals surface area contributed by atoms with Gasteiger partial charge in [0.1, 0.15) is 5.82 Å². The molecule has 5 heteroatoms. The SMILES string of the molecule is CC(C)(C)n1cc(-c2nc3ccc(-c4ccccc4)cc3c(=O)[nH]2)cn1. The van der Waals surface area contributed by atoms with Gasteiger partial charge in [-0.3, -0.25) is 9.48 Å². The fourth-order valence-corrected chi connectivity index (χ4v) is 2.90. The summed E-state index contributed by atoms with van der Waals surface area (Å²) in [6.07, 6.45) is 3.64. The minimum Gasteiger partial charge on any atom is -0.306 e. The summed E-state index contributed by atoms with van der Waals surface area (Å²) in [5.41, 5.74) is 3.27. The molecule has 0 fully saturated rings.